The first-order chi connectivity index (χ1) is 9.06. The fraction of sp³-hybridized carbons (Fsp3) is 0.250. The monoisotopic (exact) mass is 259 g/mol. The number of carbonyl (C=O) groups is 2. The van der Waals surface area contributed by atoms with Crippen LogP contribution in [0.25, 0.3) is 10.9 Å². The zero-order valence-electron chi connectivity index (χ0n) is 10.4. The number of nitrogens with two attached hydrogens (primary N) is 1. The number of hydrogen-bond donors (Lipinski definition) is 2. The number of amides is 3. The van der Waals surface area contributed by atoms with E-state index in [0.29, 0.717) is 24.5 Å². The van der Waals surface area contributed by atoms with E-state index < -0.39 is 6.03 Å². The van der Waals surface area contributed by atoms with Crippen molar-refractivity contribution in [2.75, 3.05) is 17.2 Å². The second kappa shape index (κ2) is 3.98. The Morgan fingerprint density at radius 1 is 1.37 bits per heavy atom. The van der Waals surface area contributed by atoms with Gasteiger partial charge in [0.05, 0.1) is 5.52 Å². The van der Waals surface area contributed by atoms with Crippen molar-refractivity contribution >= 4 is 34.3 Å². The number of imide groups is 1. The van der Waals surface area contributed by atoms with Crippen molar-refractivity contribution in [3.8, 4) is 0 Å². The predicted molar refractivity (Wildman–Crippen MR) is 70.6 cm³/mol. The maximum absolute atomic E-state index is 11.8. The normalized spacial score (nSPS) is 15.9. The van der Waals surface area contributed by atoms with Crippen LogP contribution in [-0.2, 0) is 11.8 Å². The average molecular weight is 259 g/mol. The molecule has 0 radical (unpaired) electrons. The Labute approximate surface area is 109 Å². The van der Waals surface area contributed by atoms with Gasteiger partial charge >= 0.3 is 6.03 Å². The highest BCUT2D eigenvalue weighted by molar-refractivity contribution is 6.06. The third-order valence-electron chi connectivity index (χ3n) is 3.23. The van der Waals surface area contributed by atoms with Crippen LogP contribution in [-0.4, -0.2) is 28.3 Å². The van der Waals surface area contributed by atoms with Crippen molar-refractivity contribution in [3.05, 3.63) is 18.2 Å². The van der Waals surface area contributed by atoms with Gasteiger partial charge in [0.2, 0.25) is 5.91 Å². The molecule has 0 bridgehead atoms. The number of aryl methyl sites for hydroxylation is 1. The first kappa shape index (κ1) is 11.5. The molecule has 1 aromatic heterocycles. The SMILES string of the molecule is Cn1nc2ccc(N3CCC(=O)NC3=O)cc2c1N. The van der Waals surface area contributed by atoms with Gasteiger partial charge < -0.3 is 5.73 Å². The number of fused-ring (bicyclic) bond motifs is 1. The molecule has 3 N–H and O–H groups in total. The van der Waals surface area contributed by atoms with Gasteiger partial charge in [0.15, 0.2) is 0 Å². The van der Waals surface area contributed by atoms with Crippen LogP contribution in [0, 0.1) is 0 Å². The number of rotatable bonds is 1. The molecule has 0 aliphatic carbocycles. The molecule has 0 atom stereocenters. The van der Waals surface area contributed by atoms with Gasteiger partial charge in [0.1, 0.15) is 5.82 Å². The number of anilines is 2. The molecule has 1 saturated heterocycles. The molecule has 1 aliphatic heterocycles. The van der Waals surface area contributed by atoms with Gasteiger partial charge in [-0.15, -0.1) is 0 Å². The summed E-state index contributed by atoms with van der Waals surface area (Å²) in [6.45, 7) is 0.371. The molecular weight excluding hydrogens is 246 g/mol. The van der Waals surface area contributed by atoms with E-state index in [1.54, 1.807) is 17.8 Å². The molecule has 0 spiro atoms. The first-order valence-electron chi connectivity index (χ1n) is 5.90. The third kappa shape index (κ3) is 1.79. The van der Waals surface area contributed by atoms with E-state index in [4.69, 9.17) is 5.73 Å². The van der Waals surface area contributed by atoms with Crippen LogP contribution in [0.4, 0.5) is 16.3 Å². The lowest BCUT2D eigenvalue weighted by atomic mass is 10.2. The van der Waals surface area contributed by atoms with E-state index in [1.807, 2.05) is 12.1 Å². The van der Waals surface area contributed by atoms with Crippen molar-refractivity contribution in [2.24, 2.45) is 7.05 Å². The van der Waals surface area contributed by atoms with Crippen LogP contribution in [0.15, 0.2) is 18.2 Å². The number of urea groups is 1. The zero-order chi connectivity index (χ0) is 13.6. The second-order valence-corrected chi connectivity index (χ2v) is 4.47. The smallest absolute Gasteiger partial charge is 0.328 e. The van der Waals surface area contributed by atoms with Crippen molar-refractivity contribution in [1.29, 1.82) is 0 Å². The summed E-state index contributed by atoms with van der Waals surface area (Å²) >= 11 is 0. The molecule has 98 valence electrons. The summed E-state index contributed by atoms with van der Waals surface area (Å²) in [7, 11) is 1.77. The molecule has 7 nitrogen and oxygen atoms in total. The van der Waals surface area contributed by atoms with Crippen molar-refractivity contribution in [3.63, 3.8) is 0 Å². The summed E-state index contributed by atoms with van der Waals surface area (Å²) in [4.78, 5) is 24.4. The molecule has 2 heterocycles. The standard InChI is InChI=1S/C12H13N5O2/c1-16-11(13)8-6-7(2-3-9(8)15-16)17-5-4-10(18)14-12(17)19/h2-3,6H,4-5,13H2,1H3,(H,14,18,19). The van der Waals surface area contributed by atoms with Crippen molar-refractivity contribution in [1.82, 2.24) is 15.1 Å². The van der Waals surface area contributed by atoms with Crippen LogP contribution >= 0.6 is 0 Å². The lowest BCUT2D eigenvalue weighted by molar-refractivity contribution is -0.120. The van der Waals surface area contributed by atoms with Gasteiger partial charge in [0, 0.05) is 31.1 Å². The topological polar surface area (TPSA) is 93.2 Å². The van der Waals surface area contributed by atoms with Gasteiger partial charge in [0.25, 0.3) is 0 Å². The molecule has 3 amide bonds. The molecule has 0 unspecified atom stereocenters. The van der Waals surface area contributed by atoms with Gasteiger partial charge in [-0.25, -0.2) is 4.79 Å². The summed E-state index contributed by atoms with van der Waals surface area (Å²) in [5, 5.41) is 7.34. The quantitative estimate of drug-likeness (QED) is 0.784. The largest absolute Gasteiger partial charge is 0.383 e. The summed E-state index contributed by atoms with van der Waals surface area (Å²) < 4.78 is 1.59. The Morgan fingerprint density at radius 3 is 2.89 bits per heavy atom. The average Bonchev–Trinajstić information content (AvgIpc) is 2.65. The van der Waals surface area contributed by atoms with E-state index in [9.17, 15) is 9.59 Å². The maximum atomic E-state index is 11.8. The summed E-state index contributed by atoms with van der Waals surface area (Å²) in [6.07, 6.45) is 0.298. The van der Waals surface area contributed by atoms with Gasteiger partial charge in [-0.3, -0.25) is 19.7 Å². The van der Waals surface area contributed by atoms with E-state index >= 15 is 0 Å². The fourth-order valence-electron chi connectivity index (χ4n) is 2.18. The third-order valence-corrected chi connectivity index (χ3v) is 3.23. The van der Waals surface area contributed by atoms with E-state index in [0.717, 1.165) is 10.9 Å². The Balaban J connectivity index is 2.03. The number of nitrogens with zero attached hydrogens (tertiary/aromatic N) is 3. The Bertz CT molecular complexity index is 691. The zero-order valence-corrected chi connectivity index (χ0v) is 10.4. The fourth-order valence-corrected chi connectivity index (χ4v) is 2.18. The number of nitrogens with one attached hydrogen (secondary N) is 1. The Morgan fingerprint density at radius 2 is 2.16 bits per heavy atom. The Hall–Kier alpha value is -2.57. The molecule has 0 saturated carbocycles. The molecular formula is C12H13N5O2. The van der Waals surface area contributed by atoms with Gasteiger partial charge in [-0.2, -0.15) is 5.10 Å². The van der Waals surface area contributed by atoms with Crippen LogP contribution in [0.3, 0.4) is 0 Å². The lowest BCUT2D eigenvalue weighted by Crippen LogP contribution is -2.49. The molecule has 3 rings (SSSR count). The molecule has 2 aromatic rings. The minimum Gasteiger partial charge on any atom is -0.383 e. The second-order valence-electron chi connectivity index (χ2n) is 4.47. The number of nitrogen functional groups attached to an aromatic ring is 1. The minimum absolute atomic E-state index is 0.247. The van der Waals surface area contributed by atoms with Crippen molar-refractivity contribution in [2.45, 2.75) is 6.42 Å². The van der Waals surface area contributed by atoms with Crippen LogP contribution < -0.4 is 16.0 Å². The van der Waals surface area contributed by atoms with E-state index in [-0.39, 0.29) is 5.91 Å². The predicted octanol–water partition coefficient (Wildman–Crippen LogP) is 0.602. The van der Waals surface area contributed by atoms with Crippen LogP contribution in [0.1, 0.15) is 6.42 Å². The summed E-state index contributed by atoms with van der Waals surface area (Å²) in [5.74, 6) is 0.300. The van der Waals surface area contributed by atoms with Crippen LogP contribution in [0.5, 0.6) is 0 Å². The van der Waals surface area contributed by atoms with Gasteiger partial charge in [-0.05, 0) is 18.2 Å². The Kier molecular flexibility index (Phi) is 2.41. The molecule has 1 fully saturated rings. The van der Waals surface area contributed by atoms with Gasteiger partial charge in [-0.1, -0.05) is 0 Å². The minimum atomic E-state index is -0.405. The number of benzene rings is 1. The number of carbonyl (C=O) groups excluding carboxylic acids is 2. The highest BCUT2D eigenvalue weighted by Crippen LogP contribution is 2.26. The van der Waals surface area contributed by atoms with E-state index in [2.05, 4.69) is 10.4 Å². The first-order valence-corrected chi connectivity index (χ1v) is 5.90. The number of hydrogen-bond acceptors (Lipinski definition) is 4. The molecule has 19 heavy (non-hydrogen) atoms. The van der Waals surface area contributed by atoms with Crippen LogP contribution in [0.2, 0.25) is 0 Å². The molecule has 7 heteroatoms. The number of aromatic nitrogens is 2. The lowest BCUT2D eigenvalue weighted by Gasteiger charge is -2.26. The maximum Gasteiger partial charge on any atom is 0.328 e. The summed E-state index contributed by atoms with van der Waals surface area (Å²) in [5.41, 5.74) is 7.40. The highest BCUT2D eigenvalue weighted by Gasteiger charge is 2.24. The summed E-state index contributed by atoms with van der Waals surface area (Å²) in [6, 6.07) is 5.01. The van der Waals surface area contributed by atoms with E-state index in [1.165, 1.54) is 4.90 Å². The molecule has 1 aromatic carbocycles. The highest BCUT2D eigenvalue weighted by atomic mass is 16.2. The van der Waals surface area contributed by atoms with Crippen molar-refractivity contribution < 1.29 is 9.59 Å². The molecule has 1 aliphatic rings.